The molecule has 0 spiro atoms. The number of hydrogen-bond donors (Lipinski definition) is 1. The van der Waals surface area contributed by atoms with Crippen LogP contribution in [0.3, 0.4) is 0 Å². The van der Waals surface area contributed by atoms with Gasteiger partial charge in [0.15, 0.2) is 0 Å². The van der Waals surface area contributed by atoms with E-state index < -0.39 is 0 Å². The summed E-state index contributed by atoms with van der Waals surface area (Å²) in [5.41, 5.74) is 6.85. The molecule has 0 bridgehead atoms. The molecule has 1 aromatic heterocycles. The van der Waals surface area contributed by atoms with E-state index in [9.17, 15) is 0 Å². The number of aromatic nitrogens is 1. The molecule has 2 heterocycles. The Labute approximate surface area is 146 Å². The third-order valence-corrected chi connectivity index (χ3v) is 5.32. The predicted octanol–water partition coefficient (Wildman–Crippen LogP) is 5.30. The Bertz CT molecular complexity index is 880. The van der Waals surface area contributed by atoms with Gasteiger partial charge in [0.1, 0.15) is 0 Å². The van der Waals surface area contributed by atoms with Crippen molar-refractivity contribution in [3.8, 4) is 11.3 Å². The third-order valence-electron chi connectivity index (χ3n) is 4.33. The molecular weight excluding hydrogens is 404 g/mol. The van der Waals surface area contributed by atoms with Gasteiger partial charge in [0, 0.05) is 38.5 Å². The van der Waals surface area contributed by atoms with E-state index >= 15 is 0 Å². The molecule has 4 heteroatoms. The maximum Gasteiger partial charge on any atom is 0.0543 e. The fourth-order valence-electron chi connectivity index (χ4n) is 3.39. The summed E-state index contributed by atoms with van der Waals surface area (Å²) in [4.78, 5) is 0. The highest BCUT2D eigenvalue weighted by Crippen LogP contribution is 2.42. The van der Waals surface area contributed by atoms with E-state index in [4.69, 9.17) is 0 Å². The Morgan fingerprint density at radius 3 is 2.68 bits per heavy atom. The zero-order valence-electron chi connectivity index (χ0n) is 12.3. The quantitative estimate of drug-likeness (QED) is 0.476. The van der Waals surface area contributed by atoms with Gasteiger partial charge in [-0.3, -0.25) is 0 Å². The molecule has 0 saturated heterocycles. The van der Waals surface area contributed by atoms with E-state index in [1.165, 1.54) is 33.3 Å². The SMILES string of the molecule is CCNCc1c2n(c3ccc(Br)cc13)Cc1cc(Br)ccc1-2. The monoisotopic (exact) mass is 418 g/mol. The Hall–Kier alpha value is -1.10. The summed E-state index contributed by atoms with van der Waals surface area (Å²) < 4.78 is 4.74. The minimum absolute atomic E-state index is 0.904. The summed E-state index contributed by atoms with van der Waals surface area (Å²) in [5, 5.41) is 4.84. The summed E-state index contributed by atoms with van der Waals surface area (Å²) in [7, 11) is 0. The van der Waals surface area contributed by atoms with Crippen LogP contribution in [-0.2, 0) is 13.1 Å². The van der Waals surface area contributed by atoms with Crippen molar-refractivity contribution in [3.63, 3.8) is 0 Å². The molecule has 0 amide bonds. The van der Waals surface area contributed by atoms with Crippen LogP contribution in [0.2, 0.25) is 0 Å². The smallest absolute Gasteiger partial charge is 0.0543 e. The third kappa shape index (κ3) is 2.16. The number of fused-ring (bicyclic) bond motifs is 5. The molecule has 1 aliphatic heterocycles. The minimum atomic E-state index is 0.904. The van der Waals surface area contributed by atoms with Gasteiger partial charge in [-0.05, 0) is 48.0 Å². The first kappa shape index (κ1) is 14.5. The molecular formula is C18H16Br2N2. The molecule has 0 radical (unpaired) electrons. The largest absolute Gasteiger partial charge is 0.336 e. The van der Waals surface area contributed by atoms with Gasteiger partial charge in [0.05, 0.1) is 5.69 Å². The minimum Gasteiger partial charge on any atom is -0.336 e. The number of rotatable bonds is 3. The van der Waals surface area contributed by atoms with Crippen molar-refractivity contribution in [2.45, 2.75) is 20.0 Å². The molecule has 1 N–H and O–H groups in total. The topological polar surface area (TPSA) is 17.0 Å². The maximum atomic E-state index is 3.61. The van der Waals surface area contributed by atoms with Crippen molar-refractivity contribution < 1.29 is 0 Å². The van der Waals surface area contributed by atoms with E-state index in [0.29, 0.717) is 0 Å². The summed E-state index contributed by atoms with van der Waals surface area (Å²) in [5.74, 6) is 0. The van der Waals surface area contributed by atoms with Crippen LogP contribution in [0.4, 0.5) is 0 Å². The van der Waals surface area contributed by atoms with Gasteiger partial charge in [-0.1, -0.05) is 44.8 Å². The number of nitrogens with zero attached hydrogens (tertiary/aromatic N) is 1. The van der Waals surface area contributed by atoms with Gasteiger partial charge >= 0.3 is 0 Å². The molecule has 22 heavy (non-hydrogen) atoms. The molecule has 4 rings (SSSR count). The molecule has 2 aromatic carbocycles. The second kappa shape index (κ2) is 5.52. The summed E-state index contributed by atoms with van der Waals surface area (Å²) in [6, 6.07) is 13.2. The highest BCUT2D eigenvalue weighted by Gasteiger charge is 2.25. The number of nitrogens with one attached hydrogen (secondary N) is 1. The number of halogens is 2. The maximum absolute atomic E-state index is 3.61. The zero-order chi connectivity index (χ0) is 15.3. The van der Waals surface area contributed by atoms with Gasteiger partial charge in [0.2, 0.25) is 0 Å². The lowest BCUT2D eigenvalue weighted by Crippen LogP contribution is -2.12. The second-order valence-electron chi connectivity index (χ2n) is 5.66. The van der Waals surface area contributed by atoms with Gasteiger partial charge in [-0.25, -0.2) is 0 Å². The normalized spacial score (nSPS) is 12.7. The van der Waals surface area contributed by atoms with Crippen LogP contribution in [0, 0.1) is 0 Å². The highest BCUT2D eigenvalue weighted by molar-refractivity contribution is 9.10. The molecule has 3 aromatic rings. The van der Waals surface area contributed by atoms with Gasteiger partial charge in [-0.15, -0.1) is 0 Å². The standard InChI is InChI=1S/C18H16Br2N2/c1-2-21-9-16-15-8-13(20)4-6-17(15)22-10-11-7-12(19)3-5-14(11)18(16)22/h3-8,21H,2,9-10H2,1H3. The van der Waals surface area contributed by atoms with Crippen molar-refractivity contribution in [3.05, 3.63) is 56.5 Å². The Kier molecular flexibility index (Phi) is 3.63. The first-order valence-electron chi connectivity index (χ1n) is 7.49. The summed E-state index contributed by atoms with van der Waals surface area (Å²) in [6.07, 6.45) is 0. The Morgan fingerprint density at radius 1 is 1.09 bits per heavy atom. The highest BCUT2D eigenvalue weighted by atomic mass is 79.9. The molecule has 112 valence electrons. The predicted molar refractivity (Wildman–Crippen MR) is 99.3 cm³/mol. The van der Waals surface area contributed by atoms with Crippen LogP contribution < -0.4 is 5.32 Å². The average molecular weight is 420 g/mol. The van der Waals surface area contributed by atoms with Crippen LogP contribution in [0.25, 0.3) is 22.2 Å². The lowest BCUT2D eigenvalue weighted by atomic mass is 10.0. The van der Waals surface area contributed by atoms with Crippen molar-refractivity contribution in [1.82, 2.24) is 9.88 Å². The molecule has 0 atom stereocenters. The lowest BCUT2D eigenvalue weighted by Gasteiger charge is -2.06. The van der Waals surface area contributed by atoms with E-state index in [2.05, 4.69) is 85.1 Å². The van der Waals surface area contributed by atoms with Crippen molar-refractivity contribution in [2.24, 2.45) is 0 Å². The number of hydrogen-bond acceptors (Lipinski definition) is 1. The van der Waals surface area contributed by atoms with Crippen LogP contribution in [0.1, 0.15) is 18.1 Å². The Balaban J connectivity index is 2.00. The Morgan fingerprint density at radius 2 is 1.86 bits per heavy atom. The molecule has 1 aliphatic rings. The van der Waals surface area contributed by atoms with E-state index in [1.807, 2.05) is 0 Å². The zero-order valence-corrected chi connectivity index (χ0v) is 15.5. The summed E-state index contributed by atoms with van der Waals surface area (Å²) in [6.45, 7) is 4.99. The van der Waals surface area contributed by atoms with Crippen LogP contribution >= 0.6 is 31.9 Å². The van der Waals surface area contributed by atoms with Gasteiger partial charge < -0.3 is 9.88 Å². The van der Waals surface area contributed by atoms with Crippen LogP contribution in [-0.4, -0.2) is 11.1 Å². The van der Waals surface area contributed by atoms with Crippen LogP contribution in [0.5, 0.6) is 0 Å². The van der Waals surface area contributed by atoms with Crippen molar-refractivity contribution in [2.75, 3.05) is 6.54 Å². The fraction of sp³-hybridized carbons (Fsp3) is 0.222. The second-order valence-corrected chi connectivity index (χ2v) is 7.49. The molecule has 0 unspecified atom stereocenters. The number of benzene rings is 2. The van der Waals surface area contributed by atoms with E-state index in [0.717, 1.165) is 28.6 Å². The van der Waals surface area contributed by atoms with Crippen molar-refractivity contribution in [1.29, 1.82) is 0 Å². The molecule has 0 saturated carbocycles. The molecule has 0 aliphatic carbocycles. The lowest BCUT2D eigenvalue weighted by molar-refractivity contribution is 0.729. The molecule has 0 fully saturated rings. The molecule has 2 nitrogen and oxygen atoms in total. The first-order valence-corrected chi connectivity index (χ1v) is 9.07. The first-order chi connectivity index (χ1) is 10.7. The average Bonchev–Trinajstić information content (AvgIpc) is 2.99. The summed E-state index contributed by atoms with van der Waals surface area (Å²) >= 11 is 7.20. The van der Waals surface area contributed by atoms with E-state index in [-0.39, 0.29) is 0 Å². The van der Waals surface area contributed by atoms with E-state index in [1.54, 1.807) is 0 Å². The van der Waals surface area contributed by atoms with Crippen LogP contribution in [0.15, 0.2) is 45.3 Å². The fourth-order valence-corrected chi connectivity index (χ4v) is 4.16. The van der Waals surface area contributed by atoms with Gasteiger partial charge in [0.25, 0.3) is 0 Å². The van der Waals surface area contributed by atoms with Gasteiger partial charge in [-0.2, -0.15) is 0 Å². The van der Waals surface area contributed by atoms with Crippen molar-refractivity contribution >= 4 is 42.8 Å².